The molecule has 8 N–H and O–H groups in total. The Kier molecular flexibility index (Phi) is 22.5. The Morgan fingerprint density at radius 1 is 0.640 bits per heavy atom. The molecule has 0 aliphatic rings. The maximum absolute atomic E-state index is 12.6. The van der Waals surface area contributed by atoms with Crippen molar-refractivity contribution in [3.63, 3.8) is 0 Å². The largest absolute Gasteiger partial charge is 0.464 e. The fourth-order valence-corrected chi connectivity index (χ4v) is 3.63. The number of esters is 3. The summed E-state index contributed by atoms with van der Waals surface area (Å²) in [6.45, 7) is 9.49. The number of carbonyl (C=O) groups is 5. The van der Waals surface area contributed by atoms with Gasteiger partial charge in [-0.2, -0.15) is 0 Å². The van der Waals surface area contributed by atoms with Crippen LogP contribution in [0, 0.1) is 10.8 Å². The summed E-state index contributed by atoms with van der Waals surface area (Å²) < 4.78 is 29.9. The van der Waals surface area contributed by atoms with Gasteiger partial charge in [-0.1, -0.05) is 47.8 Å². The van der Waals surface area contributed by atoms with Crippen molar-refractivity contribution in [1.29, 1.82) is 5.41 Å². The van der Waals surface area contributed by atoms with E-state index in [2.05, 4.69) is 63.7 Å². The van der Waals surface area contributed by atoms with E-state index in [-0.39, 0.29) is 77.8 Å². The van der Waals surface area contributed by atoms with Crippen LogP contribution < -0.4 is 27.4 Å². The van der Waals surface area contributed by atoms with E-state index in [4.69, 9.17) is 45.3 Å². The minimum absolute atomic E-state index is 0.174. The highest BCUT2D eigenvalue weighted by Crippen LogP contribution is 2.27. The van der Waals surface area contributed by atoms with Crippen molar-refractivity contribution >= 4 is 83.5 Å². The first-order valence-electron chi connectivity index (χ1n) is 15.7. The maximum atomic E-state index is 12.6. The summed E-state index contributed by atoms with van der Waals surface area (Å²) in [4.78, 5) is 62.1. The number of nitrogens with two attached hydrogens (primary N) is 2. The molecule has 290 valence electrons. The first-order valence-corrected chi connectivity index (χ1v) is 18.1. The molecule has 0 aliphatic heterocycles. The molecule has 0 radical (unpaired) electrons. The van der Waals surface area contributed by atoms with Crippen molar-refractivity contribution in [3.8, 4) is 0 Å². The first kappa shape index (κ1) is 47.9. The van der Waals surface area contributed by atoms with E-state index in [1.165, 1.54) is 0 Å². The minimum atomic E-state index is -1.36. The van der Waals surface area contributed by atoms with E-state index in [0.717, 1.165) is 0 Å². The fraction of sp³-hybridized carbons (Fsp3) is 0.800. The maximum Gasteiger partial charge on any atom is 0.322 e. The lowest BCUT2D eigenvalue weighted by Crippen LogP contribution is -2.47. The van der Waals surface area contributed by atoms with Crippen LogP contribution in [0.4, 0.5) is 0 Å². The zero-order valence-electron chi connectivity index (χ0n) is 29.5. The Bertz CT molecular complexity index is 1040. The Morgan fingerprint density at radius 3 is 1.46 bits per heavy atom. The lowest BCUT2D eigenvalue weighted by Gasteiger charge is -2.34. The molecule has 2 amide bonds. The average molecular weight is 913 g/mol. The highest BCUT2D eigenvalue weighted by atomic mass is 79.9. The number of hydrogen-bond acceptors (Lipinski definition) is 13. The van der Waals surface area contributed by atoms with Crippen LogP contribution in [0.5, 0.6) is 0 Å². The average Bonchev–Trinajstić information content (AvgIpc) is 2.99. The van der Waals surface area contributed by atoms with Crippen molar-refractivity contribution in [2.24, 2.45) is 16.9 Å². The standard InChI is InChI=1S/C30H53Br3N6O11/c1-27(2,31)23(42)48-17-30(18-49-24(43)28(3,4)32,19-50-25(44)29(5,6)33)16-47-15-21(40)37-9-11-45-13-14-46-12-10-38-22(41)20(34)7-8-39-26(35)36/h20H,7-19,34H2,1-6H3,(H,37,40)(H,38,41)(H4,35,36,39)/t20-/m0/s1. The van der Waals surface area contributed by atoms with Crippen molar-refractivity contribution < 1.29 is 52.4 Å². The lowest BCUT2D eigenvalue weighted by atomic mass is 9.92. The summed E-state index contributed by atoms with van der Waals surface area (Å²) >= 11 is 9.74. The van der Waals surface area contributed by atoms with Crippen molar-refractivity contribution in [3.05, 3.63) is 0 Å². The number of carbonyl (C=O) groups excluding carboxylic acids is 5. The van der Waals surface area contributed by atoms with Gasteiger partial charge < -0.3 is 55.8 Å². The van der Waals surface area contributed by atoms with Gasteiger partial charge in [0.1, 0.15) is 39.4 Å². The van der Waals surface area contributed by atoms with Gasteiger partial charge in [0.05, 0.1) is 44.5 Å². The number of amides is 2. The highest BCUT2D eigenvalue weighted by molar-refractivity contribution is 9.10. The summed E-state index contributed by atoms with van der Waals surface area (Å²) in [6, 6.07) is -0.738. The van der Waals surface area contributed by atoms with Crippen LogP contribution in [0.2, 0.25) is 0 Å². The molecule has 0 fully saturated rings. The van der Waals surface area contributed by atoms with Crippen LogP contribution in [0.3, 0.4) is 0 Å². The van der Waals surface area contributed by atoms with Crippen LogP contribution >= 0.6 is 47.8 Å². The smallest absolute Gasteiger partial charge is 0.322 e. The van der Waals surface area contributed by atoms with E-state index in [9.17, 15) is 24.0 Å². The van der Waals surface area contributed by atoms with Crippen LogP contribution in [0.25, 0.3) is 0 Å². The van der Waals surface area contributed by atoms with E-state index < -0.39 is 54.9 Å². The summed E-state index contributed by atoms with van der Waals surface area (Å²) in [5.74, 6) is -2.86. The Hall–Kier alpha value is -2.10. The molecule has 0 saturated heterocycles. The molecule has 0 spiro atoms. The molecule has 20 heteroatoms. The third-order valence-electron chi connectivity index (χ3n) is 6.22. The van der Waals surface area contributed by atoms with Crippen LogP contribution in [-0.4, -0.2) is 134 Å². The van der Waals surface area contributed by atoms with Gasteiger partial charge in [0.15, 0.2) is 5.96 Å². The molecule has 0 aromatic heterocycles. The van der Waals surface area contributed by atoms with Crippen LogP contribution in [0.15, 0.2) is 0 Å². The van der Waals surface area contributed by atoms with Gasteiger partial charge in [0, 0.05) is 19.6 Å². The highest BCUT2D eigenvalue weighted by Gasteiger charge is 2.41. The van der Waals surface area contributed by atoms with Gasteiger partial charge in [-0.15, -0.1) is 0 Å². The normalized spacial score (nSPS) is 12.8. The Morgan fingerprint density at radius 2 is 1.06 bits per heavy atom. The molecule has 50 heavy (non-hydrogen) atoms. The summed E-state index contributed by atoms with van der Waals surface area (Å²) in [6.07, 6.45) is 0.317. The number of rotatable bonds is 26. The van der Waals surface area contributed by atoms with Gasteiger partial charge in [-0.25, -0.2) is 0 Å². The van der Waals surface area contributed by atoms with Gasteiger partial charge in [-0.3, -0.25) is 29.4 Å². The number of alkyl halides is 3. The number of ether oxygens (including phenoxy) is 6. The van der Waals surface area contributed by atoms with E-state index in [1.807, 2.05) is 0 Å². The first-order chi connectivity index (χ1) is 23.0. The van der Waals surface area contributed by atoms with Gasteiger partial charge in [-0.05, 0) is 48.0 Å². The van der Waals surface area contributed by atoms with E-state index >= 15 is 0 Å². The second-order valence-electron chi connectivity index (χ2n) is 12.7. The summed E-state index contributed by atoms with van der Waals surface area (Å²) in [5.41, 5.74) is 9.59. The SMILES string of the molecule is CC(C)(Br)C(=O)OCC(COCC(=O)NCCOCCOCCNC(=O)[C@@H](N)CCNC(=N)N)(COC(=O)C(C)(C)Br)COC(=O)C(C)(C)Br. The zero-order chi connectivity index (χ0) is 38.6. The summed E-state index contributed by atoms with van der Waals surface area (Å²) in [5, 5.41) is 15.0. The monoisotopic (exact) mass is 910 g/mol. The Balaban J connectivity index is 4.85. The summed E-state index contributed by atoms with van der Waals surface area (Å²) in [7, 11) is 0. The van der Waals surface area contributed by atoms with Gasteiger partial charge in [0.2, 0.25) is 11.8 Å². The van der Waals surface area contributed by atoms with Crippen molar-refractivity contribution in [2.45, 2.75) is 67.0 Å². The molecular formula is C30H53Br3N6O11. The molecule has 0 rings (SSSR count). The molecular weight excluding hydrogens is 860 g/mol. The predicted molar refractivity (Wildman–Crippen MR) is 195 cm³/mol. The number of halogens is 3. The second-order valence-corrected chi connectivity index (χ2v) is 18.7. The molecule has 0 unspecified atom stereocenters. The topological polar surface area (TPSA) is 253 Å². The van der Waals surface area contributed by atoms with Crippen LogP contribution in [0.1, 0.15) is 48.0 Å². The number of guanidine groups is 1. The molecule has 0 aromatic rings. The lowest BCUT2D eigenvalue weighted by molar-refractivity contribution is -0.170. The minimum Gasteiger partial charge on any atom is -0.464 e. The van der Waals surface area contributed by atoms with E-state index in [0.29, 0.717) is 13.0 Å². The third kappa shape index (κ3) is 22.7. The molecule has 0 heterocycles. The van der Waals surface area contributed by atoms with Crippen molar-refractivity contribution in [1.82, 2.24) is 16.0 Å². The quantitative estimate of drug-likeness (QED) is 0.0174. The number of nitrogens with one attached hydrogen (secondary N) is 4. The predicted octanol–water partition coefficient (Wildman–Crippen LogP) is 0.606. The number of hydrogen-bond donors (Lipinski definition) is 6. The molecule has 0 saturated carbocycles. The Labute approximate surface area is 318 Å². The zero-order valence-corrected chi connectivity index (χ0v) is 34.3. The molecule has 0 aliphatic carbocycles. The third-order valence-corrected chi connectivity index (χ3v) is 7.19. The molecule has 1 atom stereocenters. The molecule has 17 nitrogen and oxygen atoms in total. The van der Waals surface area contributed by atoms with Gasteiger partial charge >= 0.3 is 17.9 Å². The second kappa shape index (κ2) is 23.5. The fourth-order valence-electron chi connectivity index (χ4n) is 3.29. The molecule has 0 aromatic carbocycles. The van der Waals surface area contributed by atoms with Crippen molar-refractivity contribution in [2.75, 3.05) is 79.1 Å². The van der Waals surface area contributed by atoms with E-state index in [1.54, 1.807) is 41.5 Å². The van der Waals surface area contributed by atoms with Gasteiger partial charge in [0.25, 0.3) is 0 Å². The molecule has 0 bridgehead atoms. The van der Waals surface area contributed by atoms with Crippen LogP contribution in [-0.2, 0) is 52.4 Å².